The fraction of sp³-hybridized carbons (Fsp3) is 0.447. The van der Waals surface area contributed by atoms with Crippen LogP contribution in [-0.2, 0) is 14.3 Å². The molecule has 0 bridgehead atoms. The minimum atomic E-state index is -0.450. The lowest BCUT2D eigenvalue weighted by Gasteiger charge is -2.36. The average molecular weight is 916 g/mol. The molecule has 8 rings (SSSR count). The molecular weight excluding hydrogens is 859 g/mol. The zero-order valence-electron chi connectivity index (χ0n) is 38.1. The molecule has 1 aromatic carbocycles. The average Bonchev–Trinajstić information content (AvgIpc) is 3.86. The van der Waals surface area contributed by atoms with Gasteiger partial charge in [0, 0.05) is 75.5 Å². The minimum absolute atomic E-state index is 0.00554. The van der Waals surface area contributed by atoms with Gasteiger partial charge in [0.2, 0.25) is 23.6 Å². The number of aromatic nitrogens is 6. The number of benzene rings is 1. The lowest BCUT2D eigenvalue weighted by atomic mass is 10.0. The molecule has 2 aliphatic heterocycles. The number of hydrogen-bond donors (Lipinski definition) is 4. The molecule has 6 heterocycles. The number of nitrogens with one attached hydrogen (secondary N) is 4. The van der Waals surface area contributed by atoms with Gasteiger partial charge >= 0.3 is 0 Å². The van der Waals surface area contributed by atoms with Gasteiger partial charge in [-0.3, -0.25) is 33.4 Å². The molecule has 0 atom stereocenters. The van der Waals surface area contributed by atoms with Crippen molar-refractivity contribution in [2.24, 2.45) is 0 Å². The molecule has 0 spiro atoms. The number of ether oxygens (including phenoxy) is 2. The summed E-state index contributed by atoms with van der Waals surface area (Å²) in [5.74, 6) is 0.397. The van der Waals surface area contributed by atoms with Gasteiger partial charge in [0.15, 0.2) is 11.6 Å². The van der Waals surface area contributed by atoms with Crippen molar-refractivity contribution >= 4 is 63.5 Å². The third-order valence-electron chi connectivity index (χ3n) is 12.6. The van der Waals surface area contributed by atoms with Gasteiger partial charge in [0.1, 0.15) is 18.1 Å². The van der Waals surface area contributed by atoms with Gasteiger partial charge in [-0.05, 0) is 75.4 Å². The maximum absolute atomic E-state index is 13.6. The summed E-state index contributed by atoms with van der Waals surface area (Å²) in [5, 5.41) is 20.3. The predicted molar refractivity (Wildman–Crippen MR) is 252 cm³/mol. The monoisotopic (exact) mass is 915 g/mol. The topological polar surface area (TPSA) is 231 Å². The Morgan fingerprint density at radius 1 is 0.806 bits per heavy atom. The SMILES string of the molecule is COc1ccc(NC(=O)c2ccccc2NC(=O)COCCN2CCC(NC(=O)CN3CCN(c4ccc(Nc5ncc6c(C)c(C(C)=O)c(=O)n(C7CCCC7)c6n5)nc4)CC3)CC2)nn1. The largest absolute Gasteiger partial charge is 0.480 e. The van der Waals surface area contributed by atoms with Crippen LogP contribution in [0.1, 0.15) is 77.8 Å². The van der Waals surface area contributed by atoms with Crippen LogP contribution < -0.4 is 36.5 Å². The van der Waals surface area contributed by atoms with Crippen molar-refractivity contribution < 1.29 is 28.7 Å². The first kappa shape index (κ1) is 46.6. The van der Waals surface area contributed by atoms with E-state index in [9.17, 15) is 24.0 Å². The number of carbonyl (C=O) groups excluding carboxylic acids is 4. The molecular formula is C47H57N13O7. The first-order valence-corrected chi connectivity index (χ1v) is 22.8. The van der Waals surface area contributed by atoms with Crippen molar-refractivity contribution in [2.45, 2.75) is 64.5 Å². The van der Waals surface area contributed by atoms with Gasteiger partial charge in [0.05, 0.1) is 49.0 Å². The van der Waals surface area contributed by atoms with Crippen molar-refractivity contribution in [1.29, 1.82) is 0 Å². The Balaban J connectivity index is 0.723. The van der Waals surface area contributed by atoms with Crippen LogP contribution >= 0.6 is 0 Å². The lowest BCUT2D eigenvalue weighted by molar-refractivity contribution is -0.123. The molecule has 3 aliphatic rings. The number of rotatable bonds is 17. The summed E-state index contributed by atoms with van der Waals surface area (Å²) in [7, 11) is 1.47. The minimum Gasteiger partial charge on any atom is -0.480 e. The summed E-state index contributed by atoms with van der Waals surface area (Å²) in [6.07, 6.45) is 8.94. The number of methoxy groups -OCH3 is 1. The normalized spacial score (nSPS) is 16.2. The Kier molecular flexibility index (Phi) is 15.0. The molecule has 3 amide bonds. The van der Waals surface area contributed by atoms with Crippen molar-refractivity contribution in [3.05, 3.63) is 88.0 Å². The highest BCUT2D eigenvalue weighted by Crippen LogP contribution is 2.32. The van der Waals surface area contributed by atoms with Gasteiger partial charge < -0.3 is 40.5 Å². The van der Waals surface area contributed by atoms with Crippen LogP contribution in [0.5, 0.6) is 5.88 Å². The molecule has 0 radical (unpaired) electrons. The van der Waals surface area contributed by atoms with Crippen LogP contribution in [0, 0.1) is 6.92 Å². The first-order chi connectivity index (χ1) is 32.5. The maximum atomic E-state index is 13.6. The van der Waals surface area contributed by atoms with E-state index in [1.165, 1.54) is 14.0 Å². The van der Waals surface area contributed by atoms with E-state index in [2.05, 4.69) is 56.1 Å². The highest BCUT2D eigenvalue weighted by molar-refractivity contribution is 6.09. The van der Waals surface area contributed by atoms with E-state index < -0.39 is 5.91 Å². The van der Waals surface area contributed by atoms with E-state index in [0.29, 0.717) is 59.6 Å². The number of amides is 3. The Bertz CT molecular complexity index is 2620. The zero-order chi connectivity index (χ0) is 46.9. The first-order valence-electron chi connectivity index (χ1n) is 22.8. The molecule has 5 aromatic rings. The number of Topliss-reactive ketones (excluding diaryl/α,β-unsaturated/α-hetero) is 1. The van der Waals surface area contributed by atoms with Gasteiger partial charge in [-0.25, -0.2) is 9.97 Å². The third kappa shape index (κ3) is 11.6. The van der Waals surface area contributed by atoms with Crippen molar-refractivity contribution in [3.63, 3.8) is 0 Å². The maximum Gasteiger partial charge on any atom is 0.263 e. The number of piperidine rings is 1. The standard InChI is InChI=1S/C47H57N13O7/c1-30-36-27-49-47(54-44(36)60(33-8-4-5-9-33)46(65)43(30)31(2)61)53-38-13-12-34(26-48-38)59-22-20-58(21-23-59)28-40(62)50-32-16-18-57(19-17-32)24-25-67-29-41(63)51-37-11-7-6-10-35(37)45(64)52-39-14-15-42(66-3)56-55-39/h6-7,10-15,26-27,32-33H,4-5,8-9,16-25,28-29H2,1-3H3,(H,50,62)(H,51,63)(H,52,55,64)(H,48,49,53,54). The molecule has 2 saturated heterocycles. The predicted octanol–water partition coefficient (Wildman–Crippen LogP) is 3.97. The number of fused-ring (bicyclic) bond motifs is 1. The Hall–Kier alpha value is -6.90. The number of likely N-dealkylation sites (tertiary alicyclic amines) is 1. The van der Waals surface area contributed by atoms with Crippen LogP contribution in [-0.4, -0.2) is 142 Å². The van der Waals surface area contributed by atoms with Gasteiger partial charge in [0.25, 0.3) is 11.5 Å². The second-order valence-electron chi connectivity index (χ2n) is 17.1. The molecule has 20 nitrogen and oxygen atoms in total. The number of nitrogens with zero attached hydrogens (tertiary/aromatic N) is 9. The zero-order valence-corrected chi connectivity index (χ0v) is 38.1. The number of piperazine rings is 1. The van der Waals surface area contributed by atoms with E-state index in [0.717, 1.165) is 83.5 Å². The third-order valence-corrected chi connectivity index (χ3v) is 12.6. The van der Waals surface area contributed by atoms with E-state index in [-0.39, 0.29) is 58.8 Å². The van der Waals surface area contributed by atoms with E-state index >= 15 is 0 Å². The Morgan fingerprint density at radius 2 is 1.57 bits per heavy atom. The number of pyridine rings is 2. The van der Waals surface area contributed by atoms with Crippen LogP contribution in [0.15, 0.2) is 65.7 Å². The fourth-order valence-electron chi connectivity index (χ4n) is 9.03. The quantitative estimate of drug-likeness (QED) is 0.0764. The second-order valence-corrected chi connectivity index (χ2v) is 17.1. The highest BCUT2D eigenvalue weighted by atomic mass is 16.5. The van der Waals surface area contributed by atoms with Crippen LogP contribution in [0.25, 0.3) is 11.0 Å². The van der Waals surface area contributed by atoms with Crippen molar-refractivity contribution in [2.75, 3.05) is 93.5 Å². The molecule has 4 aromatic heterocycles. The lowest BCUT2D eigenvalue weighted by Crippen LogP contribution is -2.52. The molecule has 352 valence electrons. The summed E-state index contributed by atoms with van der Waals surface area (Å²) in [4.78, 5) is 85.4. The van der Waals surface area contributed by atoms with Crippen LogP contribution in [0.2, 0.25) is 0 Å². The van der Waals surface area contributed by atoms with E-state index in [4.69, 9.17) is 14.5 Å². The number of ketones is 1. The van der Waals surface area contributed by atoms with E-state index in [1.54, 1.807) is 54.1 Å². The number of carbonyl (C=O) groups is 4. The van der Waals surface area contributed by atoms with Crippen LogP contribution in [0.4, 0.5) is 29.0 Å². The molecule has 0 unspecified atom stereocenters. The summed E-state index contributed by atoms with van der Waals surface area (Å²) in [6.45, 7) is 9.01. The highest BCUT2D eigenvalue weighted by Gasteiger charge is 2.27. The Labute approximate surface area is 387 Å². The Morgan fingerprint density at radius 3 is 2.27 bits per heavy atom. The summed E-state index contributed by atoms with van der Waals surface area (Å²) < 4.78 is 12.4. The summed E-state index contributed by atoms with van der Waals surface area (Å²) in [5.41, 5.74) is 2.64. The van der Waals surface area contributed by atoms with E-state index in [1.807, 2.05) is 18.3 Å². The smallest absolute Gasteiger partial charge is 0.263 e. The number of hydrogen-bond acceptors (Lipinski definition) is 16. The number of para-hydroxylation sites is 1. The summed E-state index contributed by atoms with van der Waals surface area (Å²) >= 11 is 0. The molecule has 20 heteroatoms. The van der Waals surface area contributed by atoms with Crippen LogP contribution in [0.3, 0.4) is 0 Å². The number of anilines is 5. The van der Waals surface area contributed by atoms with Crippen molar-refractivity contribution in [1.82, 2.24) is 44.8 Å². The molecule has 1 saturated carbocycles. The molecule has 1 aliphatic carbocycles. The van der Waals surface area contributed by atoms with Gasteiger partial charge in [-0.15, -0.1) is 10.2 Å². The second kappa shape index (κ2) is 21.6. The molecule has 4 N–H and O–H groups in total. The van der Waals surface area contributed by atoms with Gasteiger partial charge in [-0.1, -0.05) is 25.0 Å². The fourth-order valence-corrected chi connectivity index (χ4v) is 9.03. The van der Waals surface area contributed by atoms with Crippen molar-refractivity contribution in [3.8, 4) is 5.88 Å². The number of aryl methyl sites for hydroxylation is 1. The molecule has 67 heavy (non-hydrogen) atoms. The summed E-state index contributed by atoms with van der Waals surface area (Å²) in [6, 6.07) is 13.8. The van der Waals surface area contributed by atoms with Gasteiger partial charge in [-0.2, -0.15) is 4.98 Å². The molecule has 3 fully saturated rings.